The number of nitrogens with zero attached hydrogens (tertiary/aromatic N) is 2. The lowest BCUT2D eigenvalue weighted by Gasteiger charge is -2.22. The van der Waals surface area contributed by atoms with E-state index in [1.54, 1.807) is 0 Å². The van der Waals surface area contributed by atoms with Crippen LogP contribution >= 0.6 is 0 Å². The Balaban J connectivity index is 2.60. The number of nitro benzene ring substituents is 1. The molecule has 2 aromatic carbocycles. The van der Waals surface area contributed by atoms with Crippen molar-refractivity contribution < 1.29 is 22.9 Å². The number of carbonyl (C=O) groups excluding carboxylic acids is 1. The standard InChI is InChI=1S/C19H21N3O6S/c1-4-10-21(29(3,26)27)17-12-19(28-13-15-8-6-5-7-9-15)16(20-14(2)23)11-18(17)22(24)25/h4-9,11-12H,1,10,13H2,2-3H3,(H,20,23). The fraction of sp³-hybridized carbons (Fsp3) is 0.211. The van der Waals surface area contributed by atoms with E-state index in [2.05, 4.69) is 11.9 Å². The molecule has 2 rings (SSSR count). The number of nitrogens with one attached hydrogen (secondary N) is 1. The van der Waals surface area contributed by atoms with Crippen molar-refractivity contribution in [3.05, 3.63) is 70.8 Å². The Labute approximate surface area is 168 Å². The van der Waals surface area contributed by atoms with E-state index in [0.29, 0.717) is 0 Å². The van der Waals surface area contributed by atoms with E-state index in [1.165, 1.54) is 19.1 Å². The Hall–Kier alpha value is -3.40. The van der Waals surface area contributed by atoms with E-state index in [0.717, 1.165) is 22.2 Å². The fourth-order valence-electron chi connectivity index (χ4n) is 2.58. The minimum absolute atomic E-state index is 0.0657. The first-order chi connectivity index (χ1) is 13.6. The molecule has 0 aliphatic carbocycles. The molecule has 2 aromatic rings. The van der Waals surface area contributed by atoms with Crippen molar-refractivity contribution in [3.63, 3.8) is 0 Å². The Bertz CT molecular complexity index is 1020. The zero-order chi connectivity index (χ0) is 21.6. The predicted octanol–water partition coefficient (Wildman–Crippen LogP) is 3.08. The van der Waals surface area contributed by atoms with E-state index in [9.17, 15) is 23.3 Å². The largest absolute Gasteiger partial charge is 0.487 e. The molecule has 0 spiro atoms. The van der Waals surface area contributed by atoms with E-state index in [4.69, 9.17) is 4.74 Å². The highest BCUT2D eigenvalue weighted by Crippen LogP contribution is 2.39. The number of hydrogen-bond donors (Lipinski definition) is 1. The fourth-order valence-corrected chi connectivity index (χ4v) is 3.46. The summed E-state index contributed by atoms with van der Waals surface area (Å²) in [7, 11) is -3.84. The molecule has 0 aliphatic heterocycles. The average Bonchev–Trinajstić information content (AvgIpc) is 2.64. The maximum atomic E-state index is 12.2. The van der Waals surface area contributed by atoms with Crippen LogP contribution in [0, 0.1) is 10.1 Å². The lowest BCUT2D eigenvalue weighted by atomic mass is 10.2. The molecule has 0 aromatic heterocycles. The minimum Gasteiger partial charge on any atom is -0.487 e. The summed E-state index contributed by atoms with van der Waals surface area (Å²) < 4.78 is 31.0. The maximum absolute atomic E-state index is 12.2. The zero-order valence-electron chi connectivity index (χ0n) is 16.0. The van der Waals surface area contributed by atoms with Crippen molar-refractivity contribution in [2.45, 2.75) is 13.5 Å². The van der Waals surface area contributed by atoms with Gasteiger partial charge in [0.1, 0.15) is 18.0 Å². The zero-order valence-corrected chi connectivity index (χ0v) is 16.8. The van der Waals surface area contributed by atoms with Crippen molar-refractivity contribution in [1.82, 2.24) is 0 Å². The molecule has 0 bridgehead atoms. The second-order valence-corrected chi connectivity index (χ2v) is 8.04. The molecule has 0 aliphatic rings. The number of benzene rings is 2. The van der Waals surface area contributed by atoms with E-state index in [-0.39, 0.29) is 30.3 Å². The van der Waals surface area contributed by atoms with Crippen LogP contribution in [0.1, 0.15) is 12.5 Å². The third-order valence-corrected chi connectivity index (χ3v) is 4.93. The lowest BCUT2D eigenvalue weighted by molar-refractivity contribution is -0.384. The van der Waals surface area contributed by atoms with Gasteiger partial charge >= 0.3 is 0 Å². The Kier molecular flexibility index (Phi) is 6.94. The smallest absolute Gasteiger partial charge is 0.295 e. The van der Waals surface area contributed by atoms with Crippen LogP contribution in [0.4, 0.5) is 17.1 Å². The first kappa shape index (κ1) is 21.9. The predicted molar refractivity (Wildman–Crippen MR) is 111 cm³/mol. The number of sulfonamides is 1. The van der Waals surface area contributed by atoms with Gasteiger partial charge in [-0.2, -0.15) is 0 Å². The first-order valence-corrected chi connectivity index (χ1v) is 10.3. The van der Waals surface area contributed by atoms with Crippen LogP contribution in [0.25, 0.3) is 0 Å². The summed E-state index contributed by atoms with van der Waals surface area (Å²) in [6, 6.07) is 11.5. The van der Waals surface area contributed by atoms with E-state index in [1.807, 2.05) is 30.3 Å². The number of rotatable bonds is 9. The third kappa shape index (κ3) is 5.79. The summed E-state index contributed by atoms with van der Waals surface area (Å²) in [6.07, 6.45) is 2.25. The Morgan fingerprint density at radius 1 is 1.31 bits per heavy atom. The minimum atomic E-state index is -3.84. The maximum Gasteiger partial charge on any atom is 0.295 e. The van der Waals surface area contributed by atoms with Gasteiger partial charge in [-0.05, 0) is 5.56 Å². The highest BCUT2D eigenvalue weighted by atomic mass is 32.2. The summed E-state index contributed by atoms with van der Waals surface area (Å²) in [6.45, 7) is 4.70. The van der Waals surface area contributed by atoms with Gasteiger partial charge in [0.2, 0.25) is 15.9 Å². The molecular formula is C19H21N3O6S. The van der Waals surface area contributed by atoms with Crippen LogP contribution in [0.2, 0.25) is 0 Å². The highest BCUT2D eigenvalue weighted by Gasteiger charge is 2.28. The molecule has 9 nitrogen and oxygen atoms in total. The van der Waals surface area contributed by atoms with Gasteiger partial charge in [-0.25, -0.2) is 8.42 Å². The number of ether oxygens (including phenoxy) is 1. The van der Waals surface area contributed by atoms with Gasteiger partial charge in [0.25, 0.3) is 5.69 Å². The van der Waals surface area contributed by atoms with Gasteiger partial charge in [-0.15, -0.1) is 6.58 Å². The summed E-state index contributed by atoms with van der Waals surface area (Å²) in [5, 5.41) is 14.1. The lowest BCUT2D eigenvalue weighted by Crippen LogP contribution is -2.30. The summed E-state index contributed by atoms with van der Waals surface area (Å²) in [5.74, 6) is -0.356. The molecule has 0 saturated heterocycles. The van der Waals surface area contributed by atoms with Gasteiger partial charge in [0, 0.05) is 19.1 Å². The van der Waals surface area contributed by atoms with Crippen LogP contribution in [0.5, 0.6) is 5.75 Å². The van der Waals surface area contributed by atoms with Crippen LogP contribution < -0.4 is 14.4 Å². The molecule has 0 radical (unpaired) electrons. The normalized spacial score (nSPS) is 10.8. The van der Waals surface area contributed by atoms with Crippen LogP contribution in [0.15, 0.2) is 55.1 Å². The topological polar surface area (TPSA) is 119 Å². The van der Waals surface area contributed by atoms with E-state index < -0.39 is 26.5 Å². The SMILES string of the molecule is C=CCN(c1cc(OCc2ccccc2)c(NC(C)=O)cc1[N+](=O)[O-])S(C)(=O)=O. The van der Waals surface area contributed by atoms with Gasteiger partial charge in [-0.1, -0.05) is 36.4 Å². The quantitative estimate of drug-likeness (QED) is 0.379. The van der Waals surface area contributed by atoms with Crippen molar-refractivity contribution in [2.75, 3.05) is 22.4 Å². The summed E-state index contributed by atoms with van der Waals surface area (Å²) >= 11 is 0. The van der Waals surface area contributed by atoms with Crippen molar-refractivity contribution in [3.8, 4) is 5.75 Å². The Morgan fingerprint density at radius 2 is 1.97 bits per heavy atom. The summed E-state index contributed by atoms with van der Waals surface area (Å²) in [5.41, 5.74) is 0.214. The molecule has 154 valence electrons. The number of carbonyl (C=O) groups is 1. The van der Waals surface area contributed by atoms with Gasteiger partial charge in [0.15, 0.2) is 0 Å². The molecule has 0 saturated carbocycles. The third-order valence-electron chi connectivity index (χ3n) is 3.79. The van der Waals surface area contributed by atoms with Crippen LogP contribution in [-0.4, -0.2) is 32.0 Å². The van der Waals surface area contributed by atoms with Crippen LogP contribution in [-0.2, 0) is 21.4 Å². The number of anilines is 2. The molecule has 29 heavy (non-hydrogen) atoms. The van der Waals surface area contributed by atoms with Crippen LogP contribution in [0.3, 0.4) is 0 Å². The van der Waals surface area contributed by atoms with Crippen molar-refractivity contribution >= 4 is 33.0 Å². The molecule has 1 N–H and O–H groups in total. The monoisotopic (exact) mass is 419 g/mol. The van der Waals surface area contributed by atoms with Gasteiger partial charge in [0.05, 0.1) is 23.4 Å². The second-order valence-electron chi connectivity index (χ2n) is 6.13. The molecule has 0 heterocycles. The summed E-state index contributed by atoms with van der Waals surface area (Å²) in [4.78, 5) is 22.4. The molecule has 0 fully saturated rings. The Morgan fingerprint density at radius 3 is 2.48 bits per heavy atom. The number of hydrogen-bond acceptors (Lipinski definition) is 6. The molecule has 1 amide bonds. The van der Waals surface area contributed by atoms with Crippen molar-refractivity contribution in [2.24, 2.45) is 0 Å². The first-order valence-electron chi connectivity index (χ1n) is 8.49. The number of nitro groups is 1. The molecule has 0 unspecified atom stereocenters. The van der Waals surface area contributed by atoms with E-state index >= 15 is 0 Å². The van der Waals surface area contributed by atoms with Crippen molar-refractivity contribution in [1.29, 1.82) is 0 Å². The molecular weight excluding hydrogens is 398 g/mol. The molecule has 10 heteroatoms. The van der Waals surface area contributed by atoms with Gasteiger partial charge in [-0.3, -0.25) is 19.2 Å². The molecule has 0 atom stereocenters. The second kappa shape index (κ2) is 9.20. The highest BCUT2D eigenvalue weighted by molar-refractivity contribution is 7.92. The van der Waals surface area contributed by atoms with Gasteiger partial charge < -0.3 is 10.1 Å². The average molecular weight is 419 g/mol. The number of amides is 1.